The van der Waals surface area contributed by atoms with Crippen molar-refractivity contribution in [1.29, 1.82) is 0 Å². The number of piperidine rings is 1. The molecule has 0 aromatic carbocycles. The first-order valence-corrected chi connectivity index (χ1v) is 7.45. The van der Waals surface area contributed by atoms with Gasteiger partial charge in [0.1, 0.15) is 5.69 Å². The maximum absolute atomic E-state index is 13.2. The zero-order valence-corrected chi connectivity index (χ0v) is 12.3. The van der Waals surface area contributed by atoms with Gasteiger partial charge in [-0.25, -0.2) is 4.98 Å². The number of nitrogens with zero attached hydrogens (tertiary/aromatic N) is 2. The van der Waals surface area contributed by atoms with Gasteiger partial charge in [-0.3, -0.25) is 9.69 Å². The van der Waals surface area contributed by atoms with Gasteiger partial charge >= 0.3 is 6.18 Å². The predicted octanol–water partition coefficient (Wildman–Crippen LogP) is 2.58. The van der Waals surface area contributed by atoms with Crippen LogP contribution in [0.1, 0.15) is 47.1 Å². The molecule has 0 unspecified atom stereocenters. The summed E-state index contributed by atoms with van der Waals surface area (Å²) in [4.78, 5) is 18.0. The molecule has 7 heteroatoms. The van der Waals surface area contributed by atoms with Crippen LogP contribution in [0.4, 0.5) is 13.2 Å². The summed E-state index contributed by atoms with van der Waals surface area (Å²) >= 11 is 0. The van der Waals surface area contributed by atoms with E-state index in [1.807, 2.05) is 0 Å². The summed E-state index contributed by atoms with van der Waals surface area (Å²) in [5.41, 5.74) is -0.531. The first-order valence-electron chi connectivity index (χ1n) is 7.45. The Morgan fingerprint density at radius 3 is 2.91 bits per heavy atom. The number of hydrogen-bond acceptors (Lipinski definition) is 3. The van der Waals surface area contributed by atoms with Crippen molar-refractivity contribution >= 4 is 5.91 Å². The molecule has 4 nitrogen and oxygen atoms in total. The lowest BCUT2D eigenvalue weighted by molar-refractivity contribution is -0.138. The Morgan fingerprint density at radius 1 is 1.45 bits per heavy atom. The first-order chi connectivity index (χ1) is 10.3. The van der Waals surface area contributed by atoms with Crippen LogP contribution in [0.5, 0.6) is 0 Å². The van der Waals surface area contributed by atoms with Crippen LogP contribution in [0.25, 0.3) is 0 Å². The van der Waals surface area contributed by atoms with Crippen molar-refractivity contribution in [1.82, 2.24) is 15.2 Å². The Hall–Kier alpha value is -1.63. The number of carbonyl (C=O) groups is 1. The number of fused-ring (bicyclic) bond motifs is 1. The molecule has 0 radical (unpaired) electrons. The number of rotatable bonds is 2. The summed E-state index contributed by atoms with van der Waals surface area (Å²) in [6.45, 7) is 4.10. The number of amides is 1. The smallest absolute Gasteiger partial charge is 0.347 e. The number of likely N-dealkylation sites (tertiary alicyclic amines) is 1. The molecule has 1 aromatic heterocycles. The SMILES string of the molecule is C[C@H]1CCCN(Cc2cc(C(F)(F)F)c3c(n2)C(=O)NC3)C1. The topological polar surface area (TPSA) is 45.2 Å². The van der Waals surface area contributed by atoms with Gasteiger partial charge in [-0.05, 0) is 31.4 Å². The largest absolute Gasteiger partial charge is 0.416 e. The van der Waals surface area contributed by atoms with Crippen molar-refractivity contribution in [3.05, 3.63) is 28.6 Å². The molecule has 1 amide bonds. The van der Waals surface area contributed by atoms with Crippen LogP contribution in [0.2, 0.25) is 0 Å². The first kappa shape index (κ1) is 15.3. The average Bonchev–Trinajstić information content (AvgIpc) is 2.79. The summed E-state index contributed by atoms with van der Waals surface area (Å²) in [7, 11) is 0. The Balaban J connectivity index is 1.92. The lowest BCUT2D eigenvalue weighted by Crippen LogP contribution is -2.34. The van der Waals surface area contributed by atoms with Crippen molar-refractivity contribution in [2.75, 3.05) is 13.1 Å². The third kappa shape index (κ3) is 2.95. The molecule has 2 aliphatic rings. The molecular formula is C15H18F3N3O. The number of pyridine rings is 1. The molecule has 1 saturated heterocycles. The molecule has 0 bridgehead atoms. The molecule has 0 saturated carbocycles. The average molecular weight is 313 g/mol. The van der Waals surface area contributed by atoms with Gasteiger partial charge in [-0.15, -0.1) is 0 Å². The van der Waals surface area contributed by atoms with Gasteiger partial charge < -0.3 is 5.32 Å². The van der Waals surface area contributed by atoms with Crippen LogP contribution >= 0.6 is 0 Å². The fourth-order valence-corrected chi connectivity index (χ4v) is 3.24. The zero-order valence-electron chi connectivity index (χ0n) is 12.3. The fourth-order valence-electron chi connectivity index (χ4n) is 3.24. The summed E-state index contributed by atoms with van der Waals surface area (Å²) in [5, 5.41) is 2.42. The summed E-state index contributed by atoms with van der Waals surface area (Å²) < 4.78 is 39.6. The number of carbonyl (C=O) groups excluding carboxylic acids is 1. The van der Waals surface area contributed by atoms with Crippen molar-refractivity contribution in [3.63, 3.8) is 0 Å². The van der Waals surface area contributed by atoms with Gasteiger partial charge in [0.2, 0.25) is 0 Å². The normalized spacial score (nSPS) is 22.5. The van der Waals surface area contributed by atoms with Crippen LogP contribution in [0.15, 0.2) is 6.07 Å². The molecule has 1 fully saturated rings. The van der Waals surface area contributed by atoms with E-state index in [-0.39, 0.29) is 17.8 Å². The summed E-state index contributed by atoms with van der Waals surface area (Å²) in [5.74, 6) is 0.0166. The maximum atomic E-state index is 13.2. The van der Waals surface area contributed by atoms with Crippen LogP contribution in [-0.2, 0) is 19.3 Å². The Labute approximate surface area is 126 Å². The van der Waals surface area contributed by atoms with E-state index < -0.39 is 17.6 Å². The molecule has 120 valence electrons. The van der Waals surface area contributed by atoms with Crippen LogP contribution in [-0.4, -0.2) is 28.9 Å². The van der Waals surface area contributed by atoms with Gasteiger partial charge in [0.15, 0.2) is 0 Å². The van der Waals surface area contributed by atoms with E-state index in [0.29, 0.717) is 18.2 Å². The molecule has 2 aliphatic heterocycles. The minimum absolute atomic E-state index is 0.0340. The highest BCUT2D eigenvalue weighted by atomic mass is 19.4. The van der Waals surface area contributed by atoms with E-state index >= 15 is 0 Å². The number of aromatic nitrogens is 1. The predicted molar refractivity (Wildman–Crippen MR) is 74.1 cm³/mol. The van der Waals surface area contributed by atoms with Crippen molar-refractivity contribution < 1.29 is 18.0 Å². The van der Waals surface area contributed by atoms with Gasteiger partial charge in [-0.2, -0.15) is 13.2 Å². The third-order valence-electron chi connectivity index (χ3n) is 4.25. The number of halogens is 3. The molecule has 22 heavy (non-hydrogen) atoms. The lowest BCUT2D eigenvalue weighted by atomic mass is 10.00. The van der Waals surface area contributed by atoms with E-state index in [0.717, 1.165) is 32.0 Å². The van der Waals surface area contributed by atoms with Gasteiger partial charge in [0.05, 0.1) is 11.3 Å². The highest BCUT2D eigenvalue weighted by molar-refractivity contribution is 5.96. The van der Waals surface area contributed by atoms with E-state index in [2.05, 4.69) is 22.1 Å². The summed E-state index contributed by atoms with van der Waals surface area (Å²) in [6.07, 6.45) is -2.29. The second-order valence-corrected chi connectivity index (χ2v) is 6.15. The minimum Gasteiger partial charge on any atom is -0.347 e. The fraction of sp³-hybridized carbons (Fsp3) is 0.600. The Bertz CT molecular complexity index is 600. The Morgan fingerprint density at radius 2 is 2.23 bits per heavy atom. The highest BCUT2D eigenvalue weighted by Crippen LogP contribution is 2.35. The third-order valence-corrected chi connectivity index (χ3v) is 4.25. The second kappa shape index (κ2) is 5.53. The van der Waals surface area contributed by atoms with Crippen molar-refractivity contribution in [2.45, 2.75) is 39.0 Å². The number of alkyl halides is 3. The van der Waals surface area contributed by atoms with Gasteiger partial charge in [0.25, 0.3) is 5.91 Å². The maximum Gasteiger partial charge on any atom is 0.416 e. The van der Waals surface area contributed by atoms with Crippen LogP contribution in [0, 0.1) is 5.92 Å². The molecule has 1 atom stereocenters. The van der Waals surface area contributed by atoms with Gasteiger partial charge in [-0.1, -0.05) is 6.92 Å². The highest BCUT2D eigenvalue weighted by Gasteiger charge is 2.38. The van der Waals surface area contributed by atoms with Crippen molar-refractivity contribution in [3.8, 4) is 0 Å². The van der Waals surface area contributed by atoms with E-state index in [1.165, 1.54) is 0 Å². The molecule has 3 heterocycles. The van der Waals surface area contributed by atoms with Crippen molar-refractivity contribution in [2.24, 2.45) is 5.92 Å². The van der Waals surface area contributed by atoms with E-state index in [1.54, 1.807) is 0 Å². The molecule has 0 spiro atoms. The van der Waals surface area contributed by atoms with Crippen LogP contribution < -0.4 is 5.32 Å². The zero-order chi connectivity index (χ0) is 15.9. The minimum atomic E-state index is -4.47. The lowest BCUT2D eigenvalue weighted by Gasteiger charge is -2.30. The van der Waals surface area contributed by atoms with E-state index in [9.17, 15) is 18.0 Å². The quantitative estimate of drug-likeness (QED) is 0.913. The monoisotopic (exact) mass is 313 g/mol. The molecule has 1 N–H and O–H groups in total. The molecule has 1 aromatic rings. The molecular weight excluding hydrogens is 295 g/mol. The molecule has 3 rings (SSSR count). The van der Waals surface area contributed by atoms with Crippen LogP contribution in [0.3, 0.4) is 0 Å². The standard InChI is InChI=1S/C15H18F3N3O/c1-9-3-2-4-21(7-9)8-10-5-12(15(16,17)18)11-6-19-14(22)13(11)20-10/h5,9H,2-4,6-8H2,1H3,(H,19,22)/t9-/m0/s1. The Kier molecular flexibility index (Phi) is 3.84. The van der Waals surface area contributed by atoms with E-state index in [4.69, 9.17) is 0 Å². The van der Waals surface area contributed by atoms with Gasteiger partial charge in [0, 0.05) is 25.2 Å². The second-order valence-electron chi connectivity index (χ2n) is 6.15. The molecule has 0 aliphatic carbocycles. The number of hydrogen-bond donors (Lipinski definition) is 1. The number of nitrogens with one attached hydrogen (secondary N) is 1. The summed E-state index contributed by atoms with van der Waals surface area (Å²) in [6, 6.07) is 1.10.